The SMILES string of the molecule is COc1cccc(/C=c2/sc3n(c2=O)C(c2ccc(C)cc2)C2=C(N=3)c3ccccc3CC2)c1O. The molecule has 1 aliphatic heterocycles. The fraction of sp³-hybridized carbons (Fsp3) is 0.172. The van der Waals surface area contributed by atoms with Crippen molar-refractivity contribution in [2.24, 2.45) is 4.99 Å². The summed E-state index contributed by atoms with van der Waals surface area (Å²) in [5.74, 6) is 0.389. The van der Waals surface area contributed by atoms with Gasteiger partial charge in [0.2, 0.25) is 0 Å². The maximum atomic E-state index is 13.8. The molecule has 1 atom stereocenters. The fourth-order valence-corrected chi connectivity index (χ4v) is 6.02. The third-order valence-corrected chi connectivity index (χ3v) is 7.79. The molecule has 0 radical (unpaired) electrons. The topological polar surface area (TPSA) is 63.8 Å². The number of aromatic nitrogens is 1. The van der Waals surface area contributed by atoms with Crippen molar-refractivity contribution in [2.45, 2.75) is 25.8 Å². The van der Waals surface area contributed by atoms with Crippen LogP contribution in [0.3, 0.4) is 0 Å². The van der Waals surface area contributed by atoms with Gasteiger partial charge in [-0.05, 0) is 48.6 Å². The van der Waals surface area contributed by atoms with E-state index in [1.807, 2.05) is 10.6 Å². The van der Waals surface area contributed by atoms with Crippen molar-refractivity contribution in [3.05, 3.63) is 120 Å². The highest BCUT2D eigenvalue weighted by atomic mass is 32.1. The second-order valence-corrected chi connectivity index (χ2v) is 9.93. The fourth-order valence-electron chi connectivity index (χ4n) is 5.03. The maximum Gasteiger partial charge on any atom is 0.271 e. The van der Waals surface area contributed by atoms with Gasteiger partial charge >= 0.3 is 0 Å². The number of phenolic OH excluding ortho intramolecular Hbond substituents is 1. The van der Waals surface area contributed by atoms with Gasteiger partial charge in [0, 0.05) is 11.1 Å². The normalized spacial score (nSPS) is 16.9. The van der Waals surface area contributed by atoms with Crippen LogP contribution in [0.25, 0.3) is 11.8 Å². The van der Waals surface area contributed by atoms with E-state index in [4.69, 9.17) is 9.73 Å². The van der Waals surface area contributed by atoms with E-state index in [-0.39, 0.29) is 17.4 Å². The van der Waals surface area contributed by atoms with Crippen LogP contribution in [0.4, 0.5) is 0 Å². The molecule has 0 saturated heterocycles. The lowest BCUT2D eigenvalue weighted by molar-refractivity contribution is 0.373. The number of hydrogen-bond acceptors (Lipinski definition) is 5. The molecule has 4 aromatic rings. The number of methoxy groups -OCH3 is 1. The van der Waals surface area contributed by atoms with Crippen LogP contribution in [0.5, 0.6) is 11.5 Å². The van der Waals surface area contributed by atoms with Crippen molar-refractivity contribution in [2.75, 3.05) is 7.11 Å². The number of ether oxygens (including phenoxy) is 1. The van der Waals surface area contributed by atoms with Gasteiger partial charge in [-0.2, -0.15) is 0 Å². The van der Waals surface area contributed by atoms with Gasteiger partial charge in [0.15, 0.2) is 16.3 Å². The van der Waals surface area contributed by atoms with Crippen LogP contribution < -0.4 is 19.6 Å². The summed E-state index contributed by atoms with van der Waals surface area (Å²) in [6.45, 7) is 2.07. The lowest BCUT2D eigenvalue weighted by Crippen LogP contribution is -2.38. The molecule has 3 aromatic carbocycles. The van der Waals surface area contributed by atoms with Crippen molar-refractivity contribution in [1.29, 1.82) is 0 Å². The van der Waals surface area contributed by atoms with Crippen LogP contribution in [0.1, 0.15) is 40.3 Å². The first-order valence-corrected chi connectivity index (χ1v) is 12.4. The Hall–Kier alpha value is -3.90. The quantitative estimate of drug-likeness (QED) is 0.475. The van der Waals surface area contributed by atoms with E-state index in [1.165, 1.54) is 35.1 Å². The number of thiazole rings is 1. The Morgan fingerprint density at radius 1 is 1.06 bits per heavy atom. The van der Waals surface area contributed by atoms with Crippen molar-refractivity contribution in [1.82, 2.24) is 4.57 Å². The molecule has 2 aliphatic rings. The number of aryl methyl sites for hydroxylation is 2. The minimum absolute atomic E-state index is 0.0177. The molecule has 0 amide bonds. The van der Waals surface area contributed by atoms with Crippen molar-refractivity contribution in [3.8, 4) is 11.5 Å². The van der Waals surface area contributed by atoms with Crippen LogP contribution in [-0.4, -0.2) is 16.8 Å². The van der Waals surface area contributed by atoms with Gasteiger partial charge in [-0.15, -0.1) is 0 Å². The molecule has 6 rings (SSSR count). The Morgan fingerprint density at radius 2 is 1.86 bits per heavy atom. The highest BCUT2D eigenvalue weighted by Gasteiger charge is 2.32. The highest BCUT2D eigenvalue weighted by Crippen LogP contribution is 2.41. The Morgan fingerprint density at radius 3 is 2.66 bits per heavy atom. The van der Waals surface area contributed by atoms with Gasteiger partial charge in [0.05, 0.1) is 23.4 Å². The summed E-state index contributed by atoms with van der Waals surface area (Å²) in [4.78, 5) is 19.5. The molecule has 174 valence electrons. The number of aromatic hydroxyl groups is 1. The van der Waals surface area contributed by atoms with E-state index >= 15 is 0 Å². The average molecular weight is 481 g/mol. The van der Waals surface area contributed by atoms with Gasteiger partial charge in [0.1, 0.15) is 0 Å². The largest absolute Gasteiger partial charge is 0.504 e. The summed E-state index contributed by atoms with van der Waals surface area (Å²) in [7, 11) is 1.51. The number of allylic oxidation sites excluding steroid dienone is 1. The molecule has 5 nitrogen and oxygen atoms in total. The van der Waals surface area contributed by atoms with E-state index < -0.39 is 0 Å². The number of nitrogens with zero attached hydrogens (tertiary/aromatic N) is 2. The molecular weight excluding hydrogens is 456 g/mol. The Kier molecular flexibility index (Phi) is 5.19. The van der Waals surface area contributed by atoms with E-state index in [2.05, 4.69) is 49.4 Å². The first kappa shape index (κ1) is 21.6. The molecule has 1 unspecified atom stereocenters. The summed E-state index contributed by atoms with van der Waals surface area (Å²) in [6.07, 6.45) is 3.51. The Balaban J connectivity index is 1.62. The minimum atomic E-state index is -0.212. The van der Waals surface area contributed by atoms with Crippen molar-refractivity contribution < 1.29 is 9.84 Å². The predicted octanol–water partition coefficient (Wildman–Crippen LogP) is 4.34. The molecule has 0 saturated carbocycles. The molecule has 0 spiro atoms. The first-order valence-electron chi connectivity index (χ1n) is 11.6. The molecule has 2 heterocycles. The van der Waals surface area contributed by atoms with Gasteiger partial charge in [-0.1, -0.05) is 77.6 Å². The van der Waals surface area contributed by atoms with Crippen molar-refractivity contribution in [3.63, 3.8) is 0 Å². The number of para-hydroxylation sites is 1. The molecule has 1 aromatic heterocycles. The minimum Gasteiger partial charge on any atom is -0.504 e. The maximum absolute atomic E-state index is 13.8. The smallest absolute Gasteiger partial charge is 0.271 e. The molecule has 0 bridgehead atoms. The number of rotatable bonds is 3. The zero-order valence-electron chi connectivity index (χ0n) is 19.5. The standard InChI is InChI=1S/C29H24N2O3S/c1-17-10-12-19(13-11-17)26-22-15-14-18-6-3-4-8-21(18)25(22)30-29-31(26)28(33)24(35-29)16-20-7-5-9-23(34-2)27(20)32/h3-13,16,26,32H,14-15H2,1-2H3/b24-16+. The van der Waals surface area contributed by atoms with Crippen molar-refractivity contribution >= 4 is 23.1 Å². The summed E-state index contributed by atoms with van der Waals surface area (Å²) in [5.41, 5.74) is 7.28. The zero-order valence-corrected chi connectivity index (χ0v) is 20.3. The average Bonchev–Trinajstić information content (AvgIpc) is 3.19. The molecular formula is C29H24N2O3S. The van der Waals surface area contributed by atoms with Crippen LogP contribution >= 0.6 is 11.3 Å². The predicted molar refractivity (Wildman–Crippen MR) is 139 cm³/mol. The molecule has 1 aliphatic carbocycles. The lowest BCUT2D eigenvalue weighted by atomic mass is 9.83. The molecule has 1 N–H and O–H groups in total. The number of hydrogen-bond donors (Lipinski definition) is 1. The molecule has 6 heteroatoms. The molecule has 0 fully saturated rings. The molecule has 35 heavy (non-hydrogen) atoms. The van der Waals surface area contributed by atoms with Gasteiger partial charge in [0.25, 0.3) is 5.56 Å². The van der Waals surface area contributed by atoms with E-state index in [9.17, 15) is 9.90 Å². The monoisotopic (exact) mass is 480 g/mol. The zero-order chi connectivity index (χ0) is 24.1. The number of fused-ring (bicyclic) bond motifs is 3. The first-order chi connectivity index (χ1) is 17.0. The lowest BCUT2D eigenvalue weighted by Gasteiger charge is -2.30. The Labute approximate surface area is 206 Å². The summed E-state index contributed by atoms with van der Waals surface area (Å²) in [5, 5.41) is 10.6. The number of phenols is 1. The summed E-state index contributed by atoms with van der Waals surface area (Å²) < 4.78 is 7.59. The second-order valence-electron chi connectivity index (χ2n) is 8.92. The third-order valence-electron chi connectivity index (χ3n) is 6.80. The van der Waals surface area contributed by atoms with Crippen LogP contribution in [0.2, 0.25) is 0 Å². The third kappa shape index (κ3) is 3.53. The van der Waals surface area contributed by atoms with Gasteiger partial charge in [-0.25, -0.2) is 4.99 Å². The highest BCUT2D eigenvalue weighted by molar-refractivity contribution is 7.07. The number of benzene rings is 3. The van der Waals surface area contributed by atoms with Gasteiger partial charge in [-0.3, -0.25) is 9.36 Å². The summed E-state index contributed by atoms with van der Waals surface area (Å²) in [6, 6.07) is 21.9. The van der Waals surface area contributed by atoms with E-state index in [0.717, 1.165) is 29.7 Å². The van der Waals surface area contributed by atoms with Crippen LogP contribution in [0.15, 0.2) is 82.1 Å². The van der Waals surface area contributed by atoms with E-state index in [0.29, 0.717) is 20.6 Å². The Bertz CT molecular complexity index is 1680. The van der Waals surface area contributed by atoms with E-state index in [1.54, 1.807) is 24.3 Å². The van der Waals surface area contributed by atoms with Crippen LogP contribution in [0, 0.1) is 6.92 Å². The second kappa shape index (κ2) is 8.40. The van der Waals surface area contributed by atoms with Gasteiger partial charge < -0.3 is 9.84 Å². The summed E-state index contributed by atoms with van der Waals surface area (Å²) >= 11 is 1.35. The van der Waals surface area contributed by atoms with Crippen LogP contribution in [-0.2, 0) is 6.42 Å².